The number of rotatable bonds is 6. The maximum Gasteiger partial charge on any atom is 0.251 e. The van der Waals surface area contributed by atoms with Gasteiger partial charge in [0, 0.05) is 38.2 Å². The molecule has 0 aromatic heterocycles. The Morgan fingerprint density at radius 1 is 1.17 bits per heavy atom. The molecule has 0 aliphatic carbocycles. The first kappa shape index (κ1) is 19.9. The van der Waals surface area contributed by atoms with Crippen LogP contribution in [-0.4, -0.2) is 42.9 Å². The van der Waals surface area contributed by atoms with Crippen molar-refractivity contribution in [3.05, 3.63) is 48.0 Å². The average molecular weight is 350 g/mol. The van der Waals surface area contributed by atoms with Gasteiger partial charge in [0.05, 0.1) is 0 Å². The standard InChI is InChI=1S/C18H23N3O2.ClH/c1-13(12-19)21(2)17(22)9-10-20-18(23)16-8-7-14-5-3-4-6-15(14)11-16;/h3-8,11,13H,9-10,12,19H2,1-2H3,(H,20,23);1H. The van der Waals surface area contributed by atoms with Crippen LogP contribution < -0.4 is 11.1 Å². The maximum atomic E-state index is 12.2. The maximum absolute atomic E-state index is 12.2. The summed E-state index contributed by atoms with van der Waals surface area (Å²) in [5.41, 5.74) is 6.14. The summed E-state index contributed by atoms with van der Waals surface area (Å²) in [5, 5.41) is 4.90. The Bertz CT molecular complexity index is 705. The quantitative estimate of drug-likeness (QED) is 0.839. The Balaban J connectivity index is 0.00000288. The number of halogens is 1. The van der Waals surface area contributed by atoms with Crippen LogP contribution in [0.25, 0.3) is 10.8 Å². The number of amides is 2. The number of hydrogen-bond donors (Lipinski definition) is 2. The second-order valence-corrected chi connectivity index (χ2v) is 5.66. The molecule has 2 rings (SSSR count). The third-order valence-corrected chi connectivity index (χ3v) is 4.03. The smallest absolute Gasteiger partial charge is 0.251 e. The van der Waals surface area contributed by atoms with Crippen molar-refractivity contribution >= 4 is 35.0 Å². The fraction of sp³-hybridized carbons (Fsp3) is 0.333. The van der Waals surface area contributed by atoms with Crippen LogP contribution in [0.5, 0.6) is 0 Å². The molecule has 0 aliphatic rings. The van der Waals surface area contributed by atoms with Crippen molar-refractivity contribution in [3.8, 4) is 0 Å². The van der Waals surface area contributed by atoms with Gasteiger partial charge in [-0.2, -0.15) is 0 Å². The van der Waals surface area contributed by atoms with Gasteiger partial charge in [-0.15, -0.1) is 12.4 Å². The van der Waals surface area contributed by atoms with Crippen molar-refractivity contribution in [2.45, 2.75) is 19.4 Å². The molecule has 5 nitrogen and oxygen atoms in total. The molecular weight excluding hydrogens is 326 g/mol. The van der Waals surface area contributed by atoms with Gasteiger partial charge in [-0.3, -0.25) is 9.59 Å². The second-order valence-electron chi connectivity index (χ2n) is 5.66. The van der Waals surface area contributed by atoms with Gasteiger partial charge in [-0.05, 0) is 29.8 Å². The van der Waals surface area contributed by atoms with E-state index in [9.17, 15) is 9.59 Å². The molecule has 2 aromatic rings. The second kappa shape index (κ2) is 9.25. The predicted molar refractivity (Wildman–Crippen MR) is 99.4 cm³/mol. The molecular formula is C18H24ClN3O2. The van der Waals surface area contributed by atoms with Gasteiger partial charge in [0.15, 0.2) is 0 Å². The van der Waals surface area contributed by atoms with Gasteiger partial charge >= 0.3 is 0 Å². The van der Waals surface area contributed by atoms with E-state index < -0.39 is 0 Å². The van der Waals surface area contributed by atoms with Gasteiger partial charge in [-0.1, -0.05) is 30.3 Å². The minimum Gasteiger partial charge on any atom is -0.352 e. The Kier molecular flexibility index (Phi) is 7.68. The molecule has 0 saturated heterocycles. The molecule has 1 unspecified atom stereocenters. The minimum atomic E-state index is -0.168. The molecule has 2 amide bonds. The van der Waals surface area contributed by atoms with Gasteiger partial charge in [0.1, 0.15) is 0 Å². The first-order valence-electron chi connectivity index (χ1n) is 7.75. The highest BCUT2D eigenvalue weighted by Crippen LogP contribution is 2.15. The lowest BCUT2D eigenvalue weighted by Crippen LogP contribution is -2.41. The number of nitrogens with two attached hydrogens (primary N) is 1. The summed E-state index contributed by atoms with van der Waals surface area (Å²) in [5.74, 6) is -0.195. The van der Waals surface area contributed by atoms with Gasteiger partial charge in [-0.25, -0.2) is 0 Å². The van der Waals surface area contributed by atoms with Crippen LogP contribution in [0.3, 0.4) is 0 Å². The first-order chi connectivity index (χ1) is 11.0. The highest BCUT2D eigenvalue weighted by molar-refractivity contribution is 5.98. The van der Waals surface area contributed by atoms with Crippen molar-refractivity contribution in [1.82, 2.24) is 10.2 Å². The lowest BCUT2D eigenvalue weighted by Gasteiger charge is -2.23. The number of nitrogens with one attached hydrogen (secondary N) is 1. The van der Waals surface area contributed by atoms with E-state index in [0.29, 0.717) is 18.7 Å². The van der Waals surface area contributed by atoms with E-state index in [1.807, 2.05) is 43.3 Å². The van der Waals surface area contributed by atoms with Gasteiger partial charge in [0.2, 0.25) is 5.91 Å². The topological polar surface area (TPSA) is 75.4 Å². The lowest BCUT2D eigenvalue weighted by atomic mass is 10.1. The fourth-order valence-corrected chi connectivity index (χ4v) is 2.30. The van der Waals surface area contributed by atoms with Crippen LogP contribution in [0.15, 0.2) is 42.5 Å². The number of hydrogen-bond acceptors (Lipinski definition) is 3. The van der Waals surface area contributed by atoms with E-state index >= 15 is 0 Å². The largest absolute Gasteiger partial charge is 0.352 e. The molecule has 0 spiro atoms. The van der Waals surface area contributed by atoms with Crippen molar-refractivity contribution < 1.29 is 9.59 Å². The van der Waals surface area contributed by atoms with Gasteiger partial charge in [0.25, 0.3) is 5.91 Å². The number of benzene rings is 2. The molecule has 0 radical (unpaired) electrons. The molecule has 0 fully saturated rings. The van der Waals surface area contributed by atoms with Crippen molar-refractivity contribution in [2.75, 3.05) is 20.1 Å². The zero-order valence-corrected chi connectivity index (χ0v) is 14.8. The molecule has 6 heteroatoms. The van der Waals surface area contributed by atoms with E-state index in [1.54, 1.807) is 18.0 Å². The zero-order valence-electron chi connectivity index (χ0n) is 14.0. The van der Waals surface area contributed by atoms with Crippen molar-refractivity contribution in [2.24, 2.45) is 5.73 Å². The van der Waals surface area contributed by atoms with Crippen molar-refractivity contribution in [1.29, 1.82) is 0 Å². The Hall–Kier alpha value is -2.11. The number of carbonyl (C=O) groups is 2. The van der Waals surface area contributed by atoms with Crippen LogP contribution in [-0.2, 0) is 4.79 Å². The number of nitrogens with zero attached hydrogens (tertiary/aromatic N) is 1. The molecule has 3 N–H and O–H groups in total. The molecule has 0 saturated carbocycles. The van der Waals surface area contributed by atoms with Crippen LogP contribution in [0.1, 0.15) is 23.7 Å². The van der Waals surface area contributed by atoms with Crippen LogP contribution >= 0.6 is 12.4 Å². The summed E-state index contributed by atoms with van der Waals surface area (Å²) in [7, 11) is 1.73. The Morgan fingerprint density at radius 3 is 2.50 bits per heavy atom. The third-order valence-electron chi connectivity index (χ3n) is 4.03. The van der Waals surface area contributed by atoms with Crippen LogP contribution in [0.4, 0.5) is 0 Å². The average Bonchev–Trinajstić information content (AvgIpc) is 2.59. The van der Waals surface area contributed by atoms with E-state index in [-0.39, 0.29) is 36.7 Å². The summed E-state index contributed by atoms with van der Waals surface area (Å²) in [6.45, 7) is 2.63. The summed E-state index contributed by atoms with van der Waals surface area (Å²) >= 11 is 0. The monoisotopic (exact) mass is 349 g/mol. The molecule has 1 atom stereocenters. The number of carbonyl (C=O) groups excluding carboxylic acids is 2. The zero-order chi connectivity index (χ0) is 16.8. The van der Waals surface area contributed by atoms with E-state index in [2.05, 4.69) is 5.32 Å². The van der Waals surface area contributed by atoms with E-state index in [4.69, 9.17) is 5.73 Å². The summed E-state index contributed by atoms with van der Waals surface area (Å²) in [6, 6.07) is 13.5. The molecule has 24 heavy (non-hydrogen) atoms. The molecule has 0 aliphatic heterocycles. The highest BCUT2D eigenvalue weighted by atomic mass is 35.5. The number of fused-ring (bicyclic) bond motifs is 1. The normalized spacial score (nSPS) is 11.5. The Morgan fingerprint density at radius 2 is 1.83 bits per heavy atom. The molecule has 0 heterocycles. The lowest BCUT2D eigenvalue weighted by molar-refractivity contribution is -0.131. The van der Waals surface area contributed by atoms with Crippen LogP contribution in [0, 0.1) is 0 Å². The Labute approximate surface area is 148 Å². The predicted octanol–water partition coefficient (Wildman–Crippen LogP) is 2.19. The summed E-state index contributed by atoms with van der Waals surface area (Å²) in [6.07, 6.45) is 0.264. The highest BCUT2D eigenvalue weighted by Gasteiger charge is 2.14. The van der Waals surface area contributed by atoms with E-state index in [0.717, 1.165) is 10.8 Å². The summed E-state index contributed by atoms with van der Waals surface area (Å²) < 4.78 is 0. The molecule has 0 bridgehead atoms. The van der Waals surface area contributed by atoms with E-state index in [1.165, 1.54) is 0 Å². The van der Waals surface area contributed by atoms with Gasteiger partial charge < -0.3 is 16.0 Å². The minimum absolute atomic E-state index is 0. The molecule has 130 valence electrons. The third kappa shape index (κ3) is 4.94. The first-order valence-corrected chi connectivity index (χ1v) is 7.75. The van der Waals surface area contributed by atoms with Crippen LogP contribution in [0.2, 0.25) is 0 Å². The summed E-state index contributed by atoms with van der Waals surface area (Å²) in [4.78, 5) is 25.7. The van der Waals surface area contributed by atoms with Crippen molar-refractivity contribution in [3.63, 3.8) is 0 Å². The number of likely N-dealkylation sites (N-methyl/N-ethyl adjacent to an activating group) is 1. The fourth-order valence-electron chi connectivity index (χ4n) is 2.30. The SMILES string of the molecule is CC(CN)N(C)C(=O)CCNC(=O)c1ccc2ccccc2c1.Cl. The molecule has 2 aromatic carbocycles.